The molecule has 4 rings (SSSR count). The van der Waals surface area contributed by atoms with Crippen molar-refractivity contribution in [2.24, 2.45) is 0 Å². The van der Waals surface area contributed by atoms with Gasteiger partial charge in [0.2, 0.25) is 5.91 Å². The number of anilines is 1. The molecule has 4 aromatic rings. The molecule has 0 aliphatic heterocycles. The first-order valence-corrected chi connectivity index (χ1v) is 10.3. The van der Waals surface area contributed by atoms with Crippen LogP contribution >= 0.6 is 0 Å². The largest absolute Gasteiger partial charge is 0.324 e. The molecule has 0 saturated carbocycles. The van der Waals surface area contributed by atoms with Crippen LogP contribution in [0.15, 0.2) is 53.3 Å². The molecule has 1 N–H and O–H groups in total. The van der Waals surface area contributed by atoms with Crippen LogP contribution in [-0.4, -0.2) is 20.1 Å². The minimum atomic E-state index is -0.689. The highest BCUT2D eigenvalue weighted by Crippen LogP contribution is 2.22. The summed E-state index contributed by atoms with van der Waals surface area (Å²) in [5, 5.41) is 8.51. The van der Waals surface area contributed by atoms with Crippen molar-refractivity contribution in [1.29, 1.82) is 0 Å². The van der Waals surface area contributed by atoms with Crippen LogP contribution in [0.2, 0.25) is 0 Å². The zero-order valence-electron chi connectivity index (χ0n) is 17.8. The highest BCUT2D eigenvalue weighted by Gasteiger charge is 2.24. The minimum absolute atomic E-state index is 0.233. The fourth-order valence-electron chi connectivity index (χ4n) is 4.05. The highest BCUT2D eigenvalue weighted by atomic mass is 16.2. The second-order valence-electron chi connectivity index (χ2n) is 7.65. The van der Waals surface area contributed by atoms with E-state index in [1.807, 2.05) is 74.6 Å². The fourth-order valence-corrected chi connectivity index (χ4v) is 4.05. The second-order valence-corrected chi connectivity index (χ2v) is 7.65. The summed E-state index contributed by atoms with van der Waals surface area (Å²) in [7, 11) is 0. The Morgan fingerprint density at radius 1 is 1.07 bits per heavy atom. The van der Waals surface area contributed by atoms with Gasteiger partial charge in [-0.1, -0.05) is 43.7 Å². The lowest BCUT2D eigenvalue weighted by Gasteiger charge is -2.19. The van der Waals surface area contributed by atoms with Crippen molar-refractivity contribution in [3.8, 4) is 0 Å². The lowest BCUT2D eigenvalue weighted by molar-refractivity contribution is -0.119. The summed E-state index contributed by atoms with van der Waals surface area (Å²) in [6, 6.07) is 15.0. The van der Waals surface area contributed by atoms with E-state index in [9.17, 15) is 9.59 Å². The molecule has 1 unspecified atom stereocenters. The molecule has 0 aliphatic carbocycles. The van der Waals surface area contributed by atoms with Gasteiger partial charge in [-0.15, -0.1) is 0 Å². The summed E-state index contributed by atoms with van der Waals surface area (Å²) < 4.78 is 3.20. The standard InChI is InChI=1S/C24H26N4O2/c1-5-17-9-7-8-10-19(17)25-23(29)20(6-2)28-24(30)22-14-18-13-15(3)11-12-21(18)27(22)16(4)26-28/h7-14,20H,5-6H2,1-4H3,(H,25,29). The Morgan fingerprint density at radius 2 is 1.83 bits per heavy atom. The number of hydrogen-bond acceptors (Lipinski definition) is 3. The molecule has 0 bridgehead atoms. The van der Waals surface area contributed by atoms with Gasteiger partial charge in [-0.25, -0.2) is 4.68 Å². The third kappa shape index (κ3) is 3.28. The average Bonchev–Trinajstić information content (AvgIpc) is 3.12. The zero-order valence-corrected chi connectivity index (χ0v) is 17.8. The van der Waals surface area contributed by atoms with Gasteiger partial charge in [-0.05, 0) is 56.5 Å². The summed E-state index contributed by atoms with van der Waals surface area (Å²) in [6.07, 6.45) is 1.27. The van der Waals surface area contributed by atoms with Gasteiger partial charge in [0, 0.05) is 11.1 Å². The predicted octanol–water partition coefficient (Wildman–Crippen LogP) is 4.42. The summed E-state index contributed by atoms with van der Waals surface area (Å²) in [5.74, 6) is 0.437. The molecule has 6 nitrogen and oxygen atoms in total. The maximum Gasteiger partial charge on any atom is 0.291 e. The second kappa shape index (κ2) is 7.78. The normalized spacial score (nSPS) is 12.4. The first kappa shape index (κ1) is 19.9. The quantitative estimate of drug-likeness (QED) is 0.537. The number of fused-ring (bicyclic) bond motifs is 3. The molecular weight excluding hydrogens is 376 g/mol. The number of amides is 1. The maximum atomic E-state index is 13.3. The number of aryl methyl sites for hydroxylation is 3. The number of nitrogens with one attached hydrogen (secondary N) is 1. The van der Waals surface area contributed by atoms with Crippen LogP contribution in [0, 0.1) is 13.8 Å². The Labute approximate surface area is 175 Å². The van der Waals surface area contributed by atoms with E-state index in [1.165, 1.54) is 4.68 Å². The molecule has 0 radical (unpaired) electrons. The highest BCUT2D eigenvalue weighted by molar-refractivity contribution is 5.94. The molecule has 1 amide bonds. The van der Waals surface area contributed by atoms with Crippen LogP contribution in [0.4, 0.5) is 5.69 Å². The molecule has 0 spiro atoms. The van der Waals surface area contributed by atoms with Gasteiger partial charge in [0.15, 0.2) is 0 Å². The smallest absolute Gasteiger partial charge is 0.291 e. The third-order valence-electron chi connectivity index (χ3n) is 5.60. The van der Waals surface area contributed by atoms with Gasteiger partial charge < -0.3 is 5.32 Å². The number of carbonyl (C=O) groups excluding carboxylic acids is 1. The van der Waals surface area contributed by atoms with Gasteiger partial charge in [-0.3, -0.25) is 14.0 Å². The van der Waals surface area contributed by atoms with Crippen LogP contribution in [0.25, 0.3) is 16.4 Å². The number of nitrogens with zero attached hydrogens (tertiary/aromatic N) is 3. The maximum absolute atomic E-state index is 13.3. The van der Waals surface area contributed by atoms with Crippen molar-refractivity contribution >= 4 is 28.0 Å². The Kier molecular flexibility index (Phi) is 5.16. The van der Waals surface area contributed by atoms with E-state index in [2.05, 4.69) is 16.5 Å². The number of carbonyl (C=O) groups is 1. The molecule has 154 valence electrons. The predicted molar refractivity (Wildman–Crippen MR) is 120 cm³/mol. The Morgan fingerprint density at radius 3 is 2.57 bits per heavy atom. The molecule has 30 heavy (non-hydrogen) atoms. The van der Waals surface area contributed by atoms with Crippen LogP contribution in [0.1, 0.15) is 43.3 Å². The van der Waals surface area contributed by atoms with Gasteiger partial charge in [-0.2, -0.15) is 5.10 Å². The molecule has 2 aromatic carbocycles. The lowest BCUT2D eigenvalue weighted by Crippen LogP contribution is -2.36. The van der Waals surface area contributed by atoms with E-state index in [0.717, 1.165) is 34.1 Å². The lowest BCUT2D eigenvalue weighted by atomic mass is 10.1. The number of rotatable bonds is 5. The van der Waals surface area contributed by atoms with Crippen LogP contribution < -0.4 is 10.9 Å². The fraction of sp³-hybridized carbons (Fsp3) is 0.292. The third-order valence-corrected chi connectivity index (χ3v) is 5.60. The van der Waals surface area contributed by atoms with Gasteiger partial charge in [0.25, 0.3) is 5.56 Å². The van der Waals surface area contributed by atoms with E-state index in [1.54, 1.807) is 0 Å². The molecule has 0 fully saturated rings. The van der Waals surface area contributed by atoms with Crippen molar-refractivity contribution in [3.05, 3.63) is 75.8 Å². The molecule has 0 aliphatic rings. The zero-order chi connectivity index (χ0) is 21.4. The monoisotopic (exact) mass is 402 g/mol. The first-order chi connectivity index (χ1) is 14.4. The minimum Gasteiger partial charge on any atom is -0.324 e. The average molecular weight is 402 g/mol. The van der Waals surface area contributed by atoms with E-state index >= 15 is 0 Å². The number of hydrogen-bond donors (Lipinski definition) is 1. The van der Waals surface area contributed by atoms with Crippen LogP contribution in [-0.2, 0) is 11.2 Å². The van der Waals surface area contributed by atoms with Crippen molar-refractivity contribution < 1.29 is 4.79 Å². The summed E-state index contributed by atoms with van der Waals surface area (Å²) in [4.78, 5) is 26.4. The van der Waals surface area contributed by atoms with E-state index in [0.29, 0.717) is 17.8 Å². The van der Waals surface area contributed by atoms with Gasteiger partial charge in [0.05, 0.1) is 5.52 Å². The van der Waals surface area contributed by atoms with E-state index < -0.39 is 6.04 Å². The molecule has 2 heterocycles. The Bertz CT molecular complexity index is 1320. The van der Waals surface area contributed by atoms with Gasteiger partial charge in [0.1, 0.15) is 17.4 Å². The molecule has 2 aromatic heterocycles. The van der Waals surface area contributed by atoms with Crippen molar-refractivity contribution in [2.45, 2.75) is 46.6 Å². The van der Waals surface area contributed by atoms with Crippen molar-refractivity contribution in [1.82, 2.24) is 14.2 Å². The summed E-state index contributed by atoms with van der Waals surface area (Å²) in [6.45, 7) is 7.82. The SMILES string of the molecule is CCc1ccccc1NC(=O)C(CC)n1nc(C)n2c(cc3cc(C)ccc32)c1=O. The molecule has 0 saturated heterocycles. The first-order valence-electron chi connectivity index (χ1n) is 10.3. The topological polar surface area (TPSA) is 68.4 Å². The molecular formula is C24H26N4O2. The Balaban J connectivity index is 1.80. The number of para-hydroxylation sites is 1. The molecule has 6 heteroatoms. The van der Waals surface area contributed by atoms with Crippen molar-refractivity contribution in [2.75, 3.05) is 5.32 Å². The van der Waals surface area contributed by atoms with Crippen LogP contribution in [0.3, 0.4) is 0 Å². The number of aromatic nitrogens is 3. The van der Waals surface area contributed by atoms with E-state index in [4.69, 9.17) is 0 Å². The van der Waals surface area contributed by atoms with Crippen LogP contribution in [0.5, 0.6) is 0 Å². The summed E-state index contributed by atoms with van der Waals surface area (Å²) >= 11 is 0. The van der Waals surface area contributed by atoms with Gasteiger partial charge >= 0.3 is 0 Å². The molecule has 1 atom stereocenters. The number of benzene rings is 2. The van der Waals surface area contributed by atoms with E-state index in [-0.39, 0.29) is 11.5 Å². The summed E-state index contributed by atoms with van der Waals surface area (Å²) in [5.41, 5.74) is 4.17. The van der Waals surface area contributed by atoms with Crippen molar-refractivity contribution in [3.63, 3.8) is 0 Å². The Hall–Kier alpha value is -3.41.